The van der Waals surface area contributed by atoms with Gasteiger partial charge in [-0.2, -0.15) is 0 Å². The Bertz CT molecular complexity index is 764. The Morgan fingerprint density at radius 2 is 2.27 bits per heavy atom. The average molecular weight is 334 g/mol. The van der Waals surface area contributed by atoms with E-state index in [1.807, 2.05) is 29.6 Å². The van der Waals surface area contributed by atoms with E-state index in [4.69, 9.17) is 0 Å². The molecule has 1 amide bonds. The molecule has 0 radical (unpaired) electrons. The van der Waals surface area contributed by atoms with Crippen LogP contribution in [-0.4, -0.2) is 32.6 Å². The van der Waals surface area contributed by atoms with Gasteiger partial charge in [0.1, 0.15) is 6.10 Å². The number of aromatic nitrogens is 3. The van der Waals surface area contributed by atoms with Crippen molar-refractivity contribution in [2.24, 2.45) is 7.05 Å². The third-order valence-corrected chi connectivity index (χ3v) is 5.26. The monoisotopic (exact) mass is 334 g/mol. The summed E-state index contributed by atoms with van der Waals surface area (Å²) in [6.45, 7) is 0.139. The number of hydrogen-bond acceptors (Lipinski definition) is 6. The average Bonchev–Trinajstić information content (AvgIpc) is 3.23. The van der Waals surface area contributed by atoms with Crippen molar-refractivity contribution in [1.82, 2.24) is 20.3 Å². The summed E-state index contributed by atoms with van der Waals surface area (Å²) in [5.41, 5.74) is 0.236. The molecule has 3 rings (SSSR count). The number of rotatable bonds is 5. The summed E-state index contributed by atoms with van der Waals surface area (Å²) in [7, 11) is 1.69. The lowest BCUT2D eigenvalue weighted by Gasteiger charge is -2.08. The summed E-state index contributed by atoms with van der Waals surface area (Å²) in [6, 6.07) is 7.91. The Balaban J connectivity index is 1.60. The quantitative estimate of drug-likeness (QED) is 0.748. The lowest BCUT2D eigenvalue weighted by molar-refractivity contribution is 0.0913. The van der Waals surface area contributed by atoms with E-state index < -0.39 is 6.10 Å². The van der Waals surface area contributed by atoms with Gasteiger partial charge in [0.05, 0.1) is 6.20 Å². The number of nitrogens with one attached hydrogen (secondary N) is 1. The molecule has 8 heteroatoms. The molecule has 1 atom stereocenters. The van der Waals surface area contributed by atoms with Crippen molar-refractivity contribution < 1.29 is 9.90 Å². The molecule has 2 N–H and O–H groups in total. The zero-order valence-corrected chi connectivity index (χ0v) is 13.4. The van der Waals surface area contributed by atoms with Crippen molar-refractivity contribution in [3.05, 3.63) is 46.4 Å². The Hall–Kier alpha value is -2.03. The number of carbonyl (C=O) groups is 1. The van der Waals surface area contributed by atoms with E-state index in [1.165, 1.54) is 27.1 Å². The van der Waals surface area contributed by atoms with Gasteiger partial charge in [0, 0.05) is 28.2 Å². The predicted octanol–water partition coefficient (Wildman–Crippen LogP) is 2.07. The van der Waals surface area contributed by atoms with Gasteiger partial charge in [0.2, 0.25) is 0 Å². The highest BCUT2D eigenvalue weighted by Crippen LogP contribution is 2.33. The Morgan fingerprint density at radius 1 is 1.41 bits per heavy atom. The number of amides is 1. The first-order valence-corrected chi connectivity index (χ1v) is 8.29. The molecule has 1 unspecified atom stereocenters. The molecule has 3 aromatic heterocycles. The highest BCUT2D eigenvalue weighted by molar-refractivity contribution is 7.21. The molecular weight excluding hydrogens is 320 g/mol. The van der Waals surface area contributed by atoms with E-state index >= 15 is 0 Å². The normalized spacial score (nSPS) is 12.3. The molecule has 3 heterocycles. The molecule has 0 saturated carbocycles. The predicted molar refractivity (Wildman–Crippen MR) is 85.9 cm³/mol. The van der Waals surface area contributed by atoms with Crippen molar-refractivity contribution in [3.63, 3.8) is 0 Å². The SMILES string of the molecule is Cn1cc(C(=O)NCC(O)c2ccc(-c3cccs3)s2)nn1. The number of carbonyl (C=O) groups excluding carboxylic acids is 1. The molecule has 0 spiro atoms. The third kappa shape index (κ3) is 3.24. The second kappa shape index (κ2) is 6.39. The Labute approximate surface area is 135 Å². The van der Waals surface area contributed by atoms with Crippen LogP contribution in [0.5, 0.6) is 0 Å². The van der Waals surface area contributed by atoms with E-state index in [2.05, 4.69) is 15.6 Å². The second-order valence-corrected chi connectivity index (χ2v) is 6.75. The third-order valence-electron chi connectivity index (χ3n) is 3.01. The van der Waals surface area contributed by atoms with Gasteiger partial charge in [-0.25, -0.2) is 0 Å². The molecular formula is C14H14N4O2S2. The summed E-state index contributed by atoms with van der Waals surface area (Å²) in [5.74, 6) is -0.345. The molecule has 114 valence electrons. The maximum absolute atomic E-state index is 11.9. The zero-order valence-electron chi connectivity index (χ0n) is 11.8. The lowest BCUT2D eigenvalue weighted by atomic mass is 10.2. The minimum atomic E-state index is -0.737. The van der Waals surface area contributed by atoms with Crippen LogP contribution in [0.3, 0.4) is 0 Å². The largest absolute Gasteiger partial charge is 0.386 e. The summed E-state index contributed by atoms with van der Waals surface area (Å²) < 4.78 is 1.46. The van der Waals surface area contributed by atoms with Gasteiger partial charge < -0.3 is 10.4 Å². The highest BCUT2D eigenvalue weighted by atomic mass is 32.1. The molecule has 0 aliphatic carbocycles. The molecule has 0 fully saturated rings. The maximum atomic E-state index is 11.9. The van der Waals surface area contributed by atoms with Crippen molar-refractivity contribution >= 4 is 28.6 Å². The molecule has 0 aliphatic heterocycles. The molecule has 0 saturated heterocycles. The topological polar surface area (TPSA) is 80.0 Å². The first kappa shape index (κ1) is 14.9. The van der Waals surface area contributed by atoms with E-state index in [0.717, 1.165) is 9.75 Å². The maximum Gasteiger partial charge on any atom is 0.273 e. The van der Waals surface area contributed by atoms with Gasteiger partial charge in [-0.15, -0.1) is 27.8 Å². The van der Waals surface area contributed by atoms with Gasteiger partial charge in [-0.3, -0.25) is 9.48 Å². The Morgan fingerprint density at radius 3 is 2.95 bits per heavy atom. The van der Waals surface area contributed by atoms with E-state index in [9.17, 15) is 9.90 Å². The fourth-order valence-corrected chi connectivity index (χ4v) is 3.74. The number of aryl methyl sites for hydroxylation is 1. The fourth-order valence-electron chi connectivity index (χ4n) is 1.92. The van der Waals surface area contributed by atoms with Crippen LogP contribution in [0, 0.1) is 0 Å². The molecule has 0 aromatic carbocycles. The molecule has 22 heavy (non-hydrogen) atoms. The zero-order chi connectivity index (χ0) is 15.5. The molecule has 0 bridgehead atoms. The fraction of sp³-hybridized carbons (Fsp3) is 0.214. The van der Waals surface area contributed by atoms with Crippen LogP contribution in [0.25, 0.3) is 9.75 Å². The van der Waals surface area contributed by atoms with Gasteiger partial charge in [-0.05, 0) is 23.6 Å². The van der Waals surface area contributed by atoms with Crippen LogP contribution in [0.1, 0.15) is 21.5 Å². The van der Waals surface area contributed by atoms with Crippen LogP contribution >= 0.6 is 22.7 Å². The summed E-state index contributed by atoms with van der Waals surface area (Å²) >= 11 is 3.19. The molecule has 6 nitrogen and oxygen atoms in total. The summed E-state index contributed by atoms with van der Waals surface area (Å²) in [6.07, 6.45) is 0.793. The van der Waals surface area contributed by atoms with E-state index in [0.29, 0.717) is 0 Å². The van der Waals surface area contributed by atoms with Crippen LogP contribution in [0.4, 0.5) is 0 Å². The van der Waals surface area contributed by atoms with Gasteiger partial charge in [0.25, 0.3) is 5.91 Å². The van der Waals surface area contributed by atoms with Gasteiger partial charge in [-0.1, -0.05) is 11.3 Å². The number of aliphatic hydroxyl groups excluding tert-OH is 1. The van der Waals surface area contributed by atoms with E-state index in [1.54, 1.807) is 18.4 Å². The summed E-state index contributed by atoms with van der Waals surface area (Å²) in [5, 5.41) is 22.3. The van der Waals surface area contributed by atoms with Gasteiger partial charge in [0.15, 0.2) is 5.69 Å². The number of thiophene rings is 2. The smallest absolute Gasteiger partial charge is 0.273 e. The van der Waals surface area contributed by atoms with Crippen molar-refractivity contribution in [2.45, 2.75) is 6.10 Å². The minimum Gasteiger partial charge on any atom is -0.386 e. The van der Waals surface area contributed by atoms with Crippen LogP contribution < -0.4 is 5.32 Å². The van der Waals surface area contributed by atoms with Gasteiger partial charge >= 0.3 is 0 Å². The van der Waals surface area contributed by atoms with E-state index in [-0.39, 0.29) is 18.1 Å². The minimum absolute atomic E-state index is 0.139. The van der Waals surface area contributed by atoms with Crippen LogP contribution in [-0.2, 0) is 7.05 Å². The second-order valence-electron chi connectivity index (χ2n) is 4.68. The Kier molecular flexibility index (Phi) is 4.32. The van der Waals surface area contributed by atoms with Crippen LogP contribution in [0.15, 0.2) is 35.8 Å². The standard InChI is InChI=1S/C14H14N4O2S2/c1-18-8-9(16-17-18)14(20)15-7-10(19)11-4-5-13(22-11)12-3-2-6-21-12/h2-6,8,10,19H,7H2,1H3,(H,15,20). The van der Waals surface area contributed by atoms with Crippen molar-refractivity contribution in [2.75, 3.05) is 6.54 Å². The first-order valence-electron chi connectivity index (χ1n) is 6.59. The first-order chi connectivity index (χ1) is 10.6. The van der Waals surface area contributed by atoms with Crippen molar-refractivity contribution in [3.8, 4) is 9.75 Å². The van der Waals surface area contributed by atoms with Crippen molar-refractivity contribution in [1.29, 1.82) is 0 Å². The highest BCUT2D eigenvalue weighted by Gasteiger charge is 2.15. The molecule has 0 aliphatic rings. The lowest BCUT2D eigenvalue weighted by Crippen LogP contribution is -2.28. The molecule has 3 aromatic rings. The number of aliphatic hydroxyl groups is 1. The summed E-state index contributed by atoms with van der Waals surface area (Å²) in [4.78, 5) is 15.0. The van der Waals surface area contributed by atoms with Crippen LogP contribution in [0.2, 0.25) is 0 Å². The number of hydrogen-bond donors (Lipinski definition) is 2. The number of nitrogens with zero attached hydrogens (tertiary/aromatic N) is 3.